The van der Waals surface area contributed by atoms with Gasteiger partial charge in [-0.05, 0) is 37.8 Å². The molecule has 2 unspecified atom stereocenters. The van der Waals surface area contributed by atoms with Gasteiger partial charge in [-0.15, -0.1) is 23.4 Å². The molecular formula is C12H16ClNOS. The number of carbonyl (C=O) groups excluding carboxylic acids is 1. The molecule has 2 nitrogen and oxygen atoms in total. The molecule has 0 bridgehead atoms. The SMILES string of the molecule is CSc1ccc(C(C)NC(=O)C(C)Cl)cc1. The van der Waals surface area contributed by atoms with Crippen LogP contribution in [0.3, 0.4) is 0 Å². The van der Waals surface area contributed by atoms with E-state index in [4.69, 9.17) is 11.6 Å². The van der Waals surface area contributed by atoms with Crippen LogP contribution in [0.25, 0.3) is 0 Å². The normalized spacial score (nSPS) is 14.2. The van der Waals surface area contributed by atoms with Gasteiger partial charge in [-0.3, -0.25) is 4.79 Å². The number of halogens is 1. The van der Waals surface area contributed by atoms with Crippen LogP contribution in [0.2, 0.25) is 0 Å². The van der Waals surface area contributed by atoms with Crippen molar-refractivity contribution in [2.75, 3.05) is 6.26 Å². The van der Waals surface area contributed by atoms with Crippen molar-refractivity contribution in [1.82, 2.24) is 5.32 Å². The average Bonchev–Trinajstić information content (AvgIpc) is 2.28. The lowest BCUT2D eigenvalue weighted by Gasteiger charge is -2.15. The third-order valence-corrected chi connectivity index (χ3v) is 3.28. The highest BCUT2D eigenvalue weighted by molar-refractivity contribution is 7.98. The summed E-state index contributed by atoms with van der Waals surface area (Å²) in [6, 6.07) is 8.13. The second kappa shape index (κ2) is 6.16. The minimum absolute atomic E-state index is 0.00962. The molecule has 0 aliphatic rings. The molecule has 0 heterocycles. The lowest BCUT2D eigenvalue weighted by Crippen LogP contribution is -2.31. The van der Waals surface area contributed by atoms with Crippen LogP contribution in [-0.4, -0.2) is 17.5 Å². The summed E-state index contributed by atoms with van der Waals surface area (Å²) in [5, 5.41) is 2.36. The molecular weight excluding hydrogens is 242 g/mol. The van der Waals surface area contributed by atoms with E-state index < -0.39 is 5.38 Å². The maximum atomic E-state index is 11.4. The highest BCUT2D eigenvalue weighted by Crippen LogP contribution is 2.19. The first kappa shape index (κ1) is 13.4. The van der Waals surface area contributed by atoms with Gasteiger partial charge in [0.05, 0.1) is 6.04 Å². The van der Waals surface area contributed by atoms with Crippen molar-refractivity contribution in [3.63, 3.8) is 0 Å². The molecule has 0 spiro atoms. The van der Waals surface area contributed by atoms with Crippen molar-refractivity contribution in [3.05, 3.63) is 29.8 Å². The van der Waals surface area contributed by atoms with Gasteiger partial charge in [-0.2, -0.15) is 0 Å². The minimum atomic E-state index is -0.493. The fourth-order valence-electron chi connectivity index (χ4n) is 1.30. The molecule has 1 aromatic rings. The summed E-state index contributed by atoms with van der Waals surface area (Å²) in [6.45, 7) is 3.62. The minimum Gasteiger partial charge on any atom is -0.348 e. The first-order chi connectivity index (χ1) is 7.54. The molecule has 1 N–H and O–H groups in total. The quantitative estimate of drug-likeness (QED) is 0.663. The van der Waals surface area contributed by atoms with E-state index in [-0.39, 0.29) is 11.9 Å². The van der Waals surface area contributed by atoms with Crippen LogP contribution in [0.1, 0.15) is 25.5 Å². The number of alkyl halides is 1. The summed E-state index contributed by atoms with van der Waals surface area (Å²) in [4.78, 5) is 12.6. The molecule has 1 aromatic carbocycles. The predicted molar refractivity (Wildman–Crippen MR) is 70.1 cm³/mol. The van der Waals surface area contributed by atoms with Crippen LogP contribution in [-0.2, 0) is 4.79 Å². The molecule has 0 aliphatic carbocycles. The summed E-state index contributed by atoms with van der Waals surface area (Å²) in [7, 11) is 0. The van der Waals surface area contributed by atoms with Gasteiger partial charge in [0.2, 0.25) is 5.91 Å². The Labute approximate surface area is 106 Å². The predicted octanol–water partition coefficient (Wildman–Crippen LogP) is 3.21. The summed E-state index contributed by atoms with van der Waals surface area (Å²) in [6.07, 6.45) is 2.04. The van der Waals surface area contributed by atoms with Gasteiger partial charge in [-0.1, -0.05) is 12.1 Å². The summed E-state index contributed by atoms with van der Waals surface area (Å²) < 4.78 is 0. The number of amides is 1. The zero-order chi connectivity index (χ0) is 12.1. The molecule has 0 aromatic heterocycles. The van der Waals surface area contributed by atoms with Crippen LogP contribution in [0, 0.1) is 0 Å². The molecule has 0 saturated heterocycles. The Kier molecular flexibility index (Phi) is 5.16. The summed E-state index contributed by atoms with van der Waals surface area (Å²) in [5.41, 5.74) is 1.09. The molecule has 0 saturated carbocycles. The largest absolute Gasteiger partial charge is 0.348 e. The van der Waals surface area contributed by atoms with E-state index in [0.29, 0.717) is 0 Å². The molecule has 0 radical (unpaired) electrons. The van der Waals surface area contributed by atoms with E-state index in [9.17, 15) is 4.79 Å². The first-order valence-corrected chi connectivity index (χ1v) is 6.79. The Bertz CT molecular complexity index is 351. The molecule has 0 aliphatic heterocycles. The molecule has 4 heteroatoms. The van der Waals surface area contributed by atoms with E-state index in [2.05, 4.69) is 5.32 Å². The van der Waals surface area contributed by atoms with Gasteiger partial charge in [0.15, 0.2) is 0 Å². The van der Waals surface area contributed by atoms with Crippen molar-refractivity contribution >= 4 is 29.3 Å². The number of benzene rings is 1. The highest BCUT2D eigenvalue weighted by Gasteiger charge is 2.13. The highest BCUT2D eigenvalue weighted by atomic mass is 35.5. The fraction of sp³-hybridized carbons (Fsp3) is 0.417. The van der Waals surface area contributed by atoms with Crippen molar-refractivity contribution in [1.29, 1.82) is 0 Å². The first-order valence-electron chi connectivity index (χ1n) is 5.13. The Hall–Kier alpha value is -0.670. The topological polar surface area (TPSA) is 29.1 Å². The van der Waals surface area contributed by atoms with E-state index >= 15 is 0 Å². The standard InChI is InChI=1S/C12H16ClNOS/c1-8(13)12(15)14-9(2)10-4-6-11(16-3)7-5-10/h4-9H,1-3H3,(H,14,15). The maximum absolute atomic E-state index is 11.4. The van der Waals surface area contributed by atoms with Crippen LogP contribution < -0.4 is 5.32 Å². The molecule has 16 heavy (non-hydrogen) atoms. The van der Waals surface area contributed by atoms with E-state index in [0.717, 1.165) is 5.56 Å². The van der Waals surface area contributed by atoms with E-state index in [1.807, 2.05) is 37.4 Å². The van der Waals surface area contributed by atoms with Gasteiger partial charge in [0.25, 0.3) is 0 Å². The van der Waals surface area contributed by atoms with Gasteiger partial charge in [0.1, 0.15) is 5.38 Å². The van der Waals surface area contributed by atoms with Crippen LogP contribution in [0.5, 0.6) is 0 Å². The molecule has 88 valence electrons. The monoisotopic (exact) mass is 257 g/mol. The zero-order valence-corrected chi connectivity index (χ0v) is 11.2. The Morgan fingerprint density at radius 1 is 1.31 bits per heavy atom. The third-order valence-electron chi connectivity index (χ3n) is 2.34. The number of rotatable bonds is 4. The second-order valence-corrected chi connectivity index (χ2v) is 5.15. The molecule has 2 atom stereocenters. The summed E-state index contributed by atoms with van der Waals surface area (Å²) >= 11 is 7.39. The molecule has 0 fully saturated rings. The van der Waals surface area contributed by atoms with Crippen molar-refractivity contribution in [2.24, 2.45) is 0 Å². The second-order valence-electron chi connectivity index (χ2n) is 3.62. The van der Waals surface area contributed by atoms with Crippen LogP contribution in [0.4, 0.5) is 0 Å². The Balaban J connectivity index is 2.65. The lowest BCUT2D eigenvalue weighted by molar-refractivity contribution is -0.121. The third kappa shape index (κ3) is 3.72. The van der Waals surface area contributed by atoms with Gasteiger partial charge in [0, 0.05) is 4.90 Å². The molecule has 1 amide bonds. The van der Waals surface area contributed by atoms with E-state index in [1.165, 1.54) is 4.90 Å². The maximum Gasteiger partial charge on any atom is 0.238 e. The van der Waals surface area contributed by atoms with Gasteiger partial charge < -0.3 is 5.32 Å². The number of thioether (sulfide) groups is 1. The smallest absolute Gasteiger partial charge is 0.238 e. The number of carbonyl (C=O) groups is 1. The van der Waals surface area contributed by atoms with E-state index in [1.54, 1.807) is 18.7 Å². The van der Waals surface area contributed by atoms with Gasteiger partial charge >= 0.3 is 0 Å². The summed E-state index contributed by atoms with van der Waals surface area (Å²) in [5.74, 6) is -0.136. The molecule has 1 rings (SSSR count). The van der Waals surface area contributed by atoms with Gasteiger partial charge in [-0.25, -0.2) is 0 Å². The Morgan fingerprint density at radius 3 is 2.31 bits per heavy atom. The fourth-order valence-corrected chi connectivity index (χ4v) is 1.78. The number of hydrogen-bond acceptors (Lipinski definition) is 2. The van der Waals surface area contributed by atoms with Crippen molar-refractivity contribution < 1.29 is 4.79 Å². The zero-order valence-electron chi connectivity index (χ0n) is 9.66. The average molecular weight is 258 g/mol. The number of nitrogens with one attached hydrogen (secondary N) is 1. The number of hydrogen-bond donors (Lipinski definition) is 1. The lowest BCUT2D eigenvalue weighted by atomic mass is 10.1. The van der Waals surface area contributed by atoms with Crippen LogP contribution >= 0.6 is 23.4 Å². The Morgan fingerprint density at radius 2 is 1.88 bits per heavy atom. The van der Waals surface area contributed by atoms with Crippen LogP contribution in [0.15, 0.2) is 29.2 Å². The van der Waals surface area contributed by atoms with Crippen molar-refractivity contribution in [3.8, 4) is 0 Å². The van der Waals surface area contributed by atoms with Crippen molar-refractivity contribution in [2.45, 2.75) is 30.2 Å².